The summed E-state index contributed by atoms with van der Waals surface area (Å²) in [6.45, 7) is 3.73. The van der Waals surface area contributed by atoms with E-state index >= 15 is 0 Å². The number of hydrogen-bond acceptors (Lipinski definition) is 7. The molecule has 0 aliphatic carbocycles. The van der Waals surface area contributed by atoms with Gasteiger partial charge in [-0.05, 0) is 36.2 Å². The highest BCUT2D eigenvalue weighted by Crippen LogP contribution is 2.29. The Bertz CT molecular complexity index is 1460. The average Bonchev–Trinajstić information content (AvgIpc) is 2.97. The van der Waals surface area contributed by atoms with Crippen molar-refractivity contribution in [2.75, 3.05) is 33.9 Å². The number of aliphatic hydroxyl groups excluding tert-OH is 1. The number of fused-ring (bicyclic) bond motifs is 1. The normalized spacial score (nSPS) is 18.6. The van der Waals surface area contributed by atoms with Gasteiger partial charge in [-0.2, -0.15) is 4.31 Å². The lowest BCUT2D eigenvalue weighted by atomic mass is 10.00. The molecule has 0 bridgehead atoms. The van der Waals surface area contributed by atoms with Crippen LogP contribution in [0.15, 0.2) is 71.8 Å². The van der Waals surface area contributed by atoms with Gasteiger partial charge >= 0.3 is 0 Å². The number of amides is 1. The van der Waals surface area contributed by atoms with Crippen LogP contribution in [0.5, 0.6) is 11.6 Å². The second-order valence-corrected chi connectivity index (χ2v) is 12.0. The van der Waals surface area contributed by atoms with Crippen LogP contribution in [0.1, 0.15) is 35.3 Å². The summed E-state index contributed by atoms with van der Waals surface area (Å²) < 4.78 is 39.5. The van der Waals surface area contributed by atoms with Crippen molar-refractivity contribution in [2.24, 2.45) is 5.92 Å². The number of carbonyl (C=O) groups excluding carboxylic acids is 1. The van der Waals surface area contributed by atoms with E-state index in [2.05, 4.69) is 4.98 Å². The maximum atomic E-state index is 13.6. The molecule has 0 saturated carbocycles. The van der Waals surface area contributed by atoms with Crippen LogP contribution in [-0.4, -0.2) is 79.6 Å². The van der Waals surface area contributed by atoms with E-state index in [4.69, 9.17) is 9.47 Å². The summed E-state index contributed by atoms with van der Waals surface area (Å²) in [7, 11) is -0.881. The number of aromatic nitrogens is 1. The molecule has 1 aromatic heterocycles. The molecule has 2 heterocycles. The Hall–Kier alpha value is -3.73. The molecule has 2 aromatic carbocycles. The molecule has 0 saturated heterocycles. The quantitative estimate of drug-likeness (QED) is 0.420. The first-order chi connectivity index (χ1) is 19.1. The molecule has 1 N–H and O–H groups in total. The number of rotatable bonds is 9. The SMILES string of the molecule is COc1cccc(S(=O)(=O)N(C)C[C@@H]2Oc3ncc(/C=C/c4ccccc4)cc3C(=O)N([C@H](C)CO)C[C@@H]2C)c1. The Kier molecular flexibility index (Phi) is 9.24. The monoisotopic (exact) mass is 565 g/mol. The van der Waals surface area contributed by atoms with Crippen molar-refractivity contribution in [3.63, 3.8) is 0 Å². The zero-order valence-electron chi connectivity index (χ0n) is 23.1. The predicted octanol–water partition coefficient (Wildman–Crippen LogP) is 3.80. The third-order valence-electron chi connectivity index (χ3n) is 7.00. The topological polar surface area (TPSA) is 109 Å². The maximum Gasteiger partial charge on any atom is 0.259 e. The minimum atomic E-state index is -3.86. The van der Waals surface area contributed by atoms with Crippen LogP contribution in [0, 0.1) is 5.92 Å². The number of sulfonamides is 1. The fourth-order valence-electron chi connectivity index (χ4n) is 4.48. The van der Waals surface area contributed by atoms with Crippen LogP contribution in [0.25, 0.3) is 12.2 Å². The van der Waals surface area contributed by atoms with Gasteiger partial charge < -0.3 is 19.5 Å². The van der Waals surface area contributed by atoms with E-state index in [9.17, 15) is 18.3 Å². The number of ether oxygens (including phenoxy) is 2. The first kappa shape index (κ1) is 29.3. The smallest absolute Gasteiger partial charge is 0.259 e. The lowest BCUT2D eigenvalue weighted by Gasteiger charge is -2.37. The van der Waals surface area contributed by atoms with Gasteiger partial charge in [-0.1, -0.05) is 55.5 Å². The summed E-state index contributed by atoms with van der Waals surface area (Å²) in [5.74, 6) is -0.0108. The highest BCUT2D eigenvalue weighted by molar-refractivity contribution is 7.89. The summed E-state index contributed by atoms with van der Waals surface area (Å²) in [6.07, 6.45) is 4.78. The summed E-state index contributed by atoms with van der Waals surface area (Å²) in [4.78, 5) is 19.8. The van der Waals surface area contributed by atoms with Crippen molar-refractivity contribution in [2.45, 2.75) is 30.9 Å². The number of carbonyl (C=O) groups is 1. The molecular weight excluding hydrogens is 530 g/mol. The minimum absolute atomic E-state index is 0.0209. The number of benzene rings is 2. The molecular formula is C30H35N3O6S. The first-order valence-electron chi connectivity index (χ1n) is 13.1. The van der Waals surface area contributed by atoms with E-state index in [1.165, 1.54) is 30.6 Å². The molecule has 40 heavy (non-hydrogen) atoms. The number of hydrogen-bond donors (Lipinski definition) is 1. The van der Waals surface area contributed by atoms with Crippen LogP contribution >= 0.6 is 0 Å². The van der Waals surface area contributed by atoms with Crippen LogP contribution < -0.4 is 9.47 Å². The summed E-state index contributed by atoms with van der Waals surface area (Å²) in [6, 6.07) is 17.3. The molecule has 1 aliphatic rings. The summed E-state index contributed by atoms with van der Waals surface area (Å²) >= 11 is 0. The van der Waals surface area contributed by atoms with E-state index < -0.39 is 22.2 Å². The van der Waals surface area contributed by atoms with E-state index in [0.29, 0.717) is 11.3 Å². The van der Waals surface area contributed by atoms with Crippen LogP contribution in [0.4, 0.5) is 0 Å². The Balaban J connectivity index is 1.66. The molecule has 0 fully saturated rings. The fourth-order valence-corrected chi connectivity index (χ4v) is 5.70. The second-order valence-electron chi connectivity index (χ2n) is 9.95. The van der Waals surface area contributed by atoms with Crippen LogP contribution in [0.2, 0.25) is 0 Å². The molecule has 0 radical (unpaired) electrons. The van der Waals surface area contributed by atoms with Crippen molar-refractivity contribution in [3.8, 4) is 11.6 Å². The van der Waals surface area contributed by atoms with Gasteiger partial charge in [-0.3, -0.25) is 4.79 Å². The molecule has 1 aliphatic heterocycles. The molecule has 4 rings (SSSR count). The Labute approximate surface area is 235 Å². The molecule has 10 heteroatoms. The molecule has 9 nitrogen and oxygen atoms in total. The van der Waals surface area contributed by atoms with E-state index in [-0.39, 0.29) is 47.9 Å². The van der Waals surface area contributed by atoms with Gasteiger partial charge in [-0.15, -0.1) is 0 Å². The highest BCUT2D eigenvalue weighted by Gasteiger charge is 2.36. The molecule has 3 aromatic rings. The number of likely N-dealkylation sites (N-methyl/N-ethyl adjacent to an activating group) is 1. The molecule has 3 atom stereocenters. The number of nitrogens with zero attached hydrogens (tertiary/aromatic N) is 3. The number of methoxy groups -OCH3 is 1. The van der Waals surface area contributed by atoms with Gasteiger partial charge in [0.05, 0.1) is 31.2 Å². The van der Waals surface area contributed by atoms with E-state index in [1.54, 1.807) is 36.2 Å². The lowest BCUT2D eigenvalue weighted by molar-refractivity contribution is 0.0373. The second kappa shape index (κ2) is 12.6. The average molecular weight is 566 g/mol. The molecule has 0 spiro atoms. The third kappa shape index (κ3) is 6.52. The molecule has 1 amide bonds. The van der Waals surface area contributed by atoms with Crippen LogP contribution in [-0.2, 0) is 10.0 Å². The first-order valence-corrected chi connectivity index (χ1v) is 14.5. The maximum absolute atomic E-state index is 13.6. The number of aliphatic hydroxyl groups is 1. The Morgan fingerprint density at radius 3 is 2.58 bits per heavy atom. The zero-order chi connectivity index (χ0) is 28.9. The largest absolute Gasteiger partial charge is 0.497 e. The van der Waals surface area contributed by atoms with E-state index in [0.717, 1.165) is 5.56 Å². The standard InChI is InChI=1S/C30H35N3O6S/c1-21-18-33(22(2)20-34)30(35)27-15-24(14-13-23-9-6-5-7-10-23)17-31-29(27)39-28(21)19-32(3)40(36,37)26-12-8-11-25(16-26)38-4/h5-17,21-22,28,34H,18-20H2,1-4H3/b14-13+/t21-,22+,28-/m0/s1. The van der Waals surface area contributed by atoms with Gasteiger partial charge in [0, 0.05) is 31.8 Å². The number of pyridine rings is 1. The Morgan fingerprint density at radius 1 is 1.15 bits per heavy atom. The summed E-state index contributed by atoms with van der Waals surface area (Å²) in [5.41, 5.74) is 1.96. The zero-order valence-corrected chi connectivity index (χ0v) is 23.9. The van der Waals surface area contributed by atoms with Gasteiger partial charge in [0.25, 0.3) is 5.91 Å². The third-order valence-corrected chi connectivity index (χ3v) is 8.82. The van der Waals surface area contributed by atoms with Crippen molar-refractivity contribution < 1.29 is 27.8 Å². The van der Waals surface area contributed by atoms with Crippen molar-refractivity contribution in [1.29, 1.82) is 0 Å². The summed E-state index contributed by atoms with van der Waals surface area (Å²) in [5, 5.41) is 9.90. The van der Waals surface area contributed by atoms with Crippen LogP contribution in [0.3, 0.4) is 0 Å². The molecule has 212 valence electrons. The van der Waals surface area contributed by atoms with E-state index in [1.807, 2.05) is 49.4 Å². The Morgan fingerprint density at radius 2 is 1.88 bits per heavy atom. The van der Waals surface area contributed by atoms with Crippen molar-refractivity contribution >= 4 is 28.1 Å². The minimum Gasteiger partial charge on any atom is -0.497 e. The van der Waals surface area contributed by atoms with Gasteiger partial charge in [0.15, 0.2) is 0 Å². The highest BCUT2D eigenvalue weighted by atomic mass is 32.2. The van der Waals surface area contributed by atoms with Crippen molar-refractivity contribution in [1.82, 2.24) is 14.2 Å². The van der Waals surface area contributed by atoms with Crippen molar-refractivity contribution in [3.05, 3.63) is 83.6 Å². The fraction of sp³-hybridized carbons (Fsp3) is 0.333. The predicted molar refractivity (Wildman–Crippen MR) is 154 cm³/mol. The van der Waals surface area contributed by atoms with Gasteiger partial charge in [0.1, 0.15) is 17.4 Å². The van der Waals surface area contributed by atoms with Gasteiger partial charge in [-0.25, -0.2) is 13.4 Å². The van der Waals surface area contributed by atoms with Gasteiger partial charge in [0.2, 0.25) is 15.9 Å². The lowest BCUT2D eigenvalue weighted by Crippen LogP contribution is -2.50. The molecule has 0 unspecified atom stereocenters.